The number of nitrogens with one attached hydrogen (secondary N) is 2. The molecule has 0 bridgehead atoms. The standard InChI is InChI=1S/C28H35N5O3.C2H4O2/c1-19-10-11-21(18-35-4)14-22(19)17-29-27(34)30-25-20(2)26(31-33(25)23-8-6-5-7-9-23)36-24-15-28(16-24)12-13-32(28)3;1-2(3)4/h5-11,14,24H,12-13,15-18H2,1-4H3,(H2,29,30,34);1H3,(H,3,4). The molecule has 40 heavy (non-hydrogen) atoms. The zero-order chi connectivity index (χ0) is 28.9. The summed E-state index contributed by atoms with van der Waals surface area (Å²) in [6.07, 6.45) is 3.42. The number of methoxy groups -OCH3 is 1. The number of para-hydroxylation sites is 1. The lowest BCUT2D eigenvalue weighted by Gasteiger charge is -2.59. The van der Waals surface area contributed by atoms with Gasteiger partial charge in [-0.3, -0.25) is 10.1 Å². The van der Waals surface area contributed by atoms with Crippen molar-refractivity contribution in [3.05, 3.63) is 70.8 Å². The normalized spacial score (nSPS) is 19.6. The zero-order valence-electron chi connectivity index (χ0n) is 23.9. The van der Waals surface area contributed by atoms with Crippen LogP contribution in [0.2, 0.25) is 0 Å². The molecule has 5 rings (SSSR count). The van der Waals surface area contributed by atoms with E-state index in [1.807, 2.05) is 56.3 Å². The number of carbonyl (C=O) groups excluding carboxylic acids is 1. The van der Waals surface area contributed by atoms with Crippen LogP contribution in [0.4, 0.5) is 10.6 Å². The summed E-state index contributed by atoms with van der Waals surface area (Å²) in [7, 11) is 3.86. The molecule has 1 saturated carbocycles. The molecule has 0 radical (unpaired) electrons. The highest BCUT2D eigenvalue weighted by Gasteiger charge is 2.53. The van der Waals surface area contributed by atoms with Crippen molar-refractivity contribution in [3.8, 4) is 11.6 Å². The Morgan fingerprint density at radius 1 is 1.15 bits per heavy atom. The first-order valence-electron chi connectivity index (χ1n) is 13.5. The second-order valence-electron chi connectivity index (χ2n) is 10.6. The van der Waals surface area contributed by atoms with Gasteiger partial charge in [-0.15, -0.1) is 5.10 Å². The second kappa shape index (κ2) is 12.5. The lowest BCUT2D eigenvalue weighted by atomic mass is 9.66. The molecule has 1 aromatic heterocycles. The van der Waals surface area contributed by atoms with E-state index in [1.165, 1.54) is 6.42 Å². The molecule has 3 N–H and O–H groups in total. The number of hydrogen-bond donors (Lipinski definition) is 3. The fourth-order valence-electron chi connectivity index (χ4n) is 5.19. The van der Waals surface area contributed by atoms with E-state index in [2.05, 4.69) is 28.6 Å². The first-order chi connectivity index (χ1) is 19.1. The SMILES string of the molecule is CC(=O)O.COCc1ccc(C)c(CNC(=O)Nc2c(C)c(OC3CC4(CCN4C)C3)nn2-c2ccccc2)c1. The monoisotopic (exact) mass is 549 g/mol. The van der Waals surface area contributed by atoms with Crippen LogP contribution in [0.5, 0.6) is 5.88 Å². The number of anilines is 1. The number of urea groups is 1. The number of hydrogen-bond acceptors (Lipinski definition) is 6. The number of aliphatic carboxylic acids is 1. The predicted molar refractivity (Wildman–Crippen MR) is 153 cm³/mol. The number of benzene rings is 2. The van der Waals surface area contributed by atoms with Gasteiger partial charge >= 0.3 is 6.03 Å². The van der Waals surface area contributed by atoms with Crippen LogP contribution in [0.1, 0.15) is 48.4 Å². The Labute approximate surface area is 235 Å². The first-order valence-corrected chi connectivity index (χ1v) is 13.5. The summed E-state index contributed by atoms with van der Waals surface area (Å²) in [5, 5.41) is 18.2. The van der Waals surface area contributed by atoms with E-state index in [9.17, 15) is 4.79 Å². The minimum Gasteiger partial charge on any atom is -0.481 e. The van der Waals surface area contributed by atoms with Crippen LogP contribution < -0.4 is 15.4 Å². The molecule has 3 aromatic rings. The number of aromatic nitrogens is 2. The molecular formula is C30H39N5O5. The molecule has 2 heterocycles. The lowest BCUT2D eigenvalue weighted by molar-refractivity contribution is -0.134. The summed E-state index contributed by atoms with van der Waals surface area (Å²) in [4.78, 5) is 24.4. The fraction of sp³-hybridized carbons (Fsp3) is 0.433. The summed E-state index contributed by atoms with van der Waals surface area (Å²) < 4.78 is 13.3. The average Bonchev–Trinajstić information content (AvgIpc) is 3.20. The van der Waals surface area contributed by atoms with E-state index in [0.29, 0.717) is 30.4 Å². The highest BCUT2D eigenvalue weighted by atomic mass is 16.5. The first kappa shape index (κ1) is 29.1. The van der Waals surface area contributed by atoms with Gasteiger partial charge in [0, 0.05) is 45.5 Å². The van der Waals surface area contributed by atoms with Gasteiger partial charge in [0.05, 0.1) is 17.9 Å². The minimum absolute atomic E-state index is 0.148. The fourth-order valence-corrected chi connectivity index (χ4v) is 5.19. The molecule has 1 aliphatic heterocycles. The molecule has 2 aliphatic rings. The van der Waals surface area contributed by atoms with E-state index in [-0.39, 0.29) is 12.1 Å². The van der Waals surface area contributed by atoms with Gasteiger partial charge in [0.1, 0.15) is 11.9 Å². The molecule has 2 fully saturated rings. The summed E-state index contributed by atoms with van der Waals surface area (Å²) in [5.41, 5.74) is 5.24. The maximum atomic E-state index is 13.0. The van der Waals surface area contributed by atoms with Crippen LogP contribution in [-0.4, -0.2) is 64.1 Å². The van der Waals surface area contributed by atoms with Crippen LogP contribution in [0, 0.1) is 13.8 Å². The van der Waals surface area contributed by atoms with Crippen LogP contribution in [-0.2, 0) is 22.7 Å². The van der Waals surface area contributed by atoms with E-state index < -0.39 is 5.97 Å². The Bertz CT molecular complexity index is 1330. The molecule has 0 atom stereocenters. The van der Waals surface area contributed by atoms with Crippen molar-refractivity contribution in [2.75, 3.05) is 26.0 Å². The van der Waals surface area contributed by atoms with Gasteiger partial charge in [-0.25, -0.2) is 9.48 Å². The molecule has 2 amide bonds. The Morgan fingerprint density at radius 3 is 2.45 bits per heavy atom. The van der Waals surface area contributed by atoms with Crippen molar-refractivity contribution >= 4 is 17.8 Å². The molecule has 10 heteroatoms. The third kappa shape index (κ3) is 6.63. The third-order valence-electron chi connectivity index (χ3n) is 7.69. The second-order valence-corrected chi connectivity index (χ2v) is 10.6. The number of carboxylic acids is 1. The smallest absolute Gasteiger partial charge is 0.320 e. The molecular weight excluding hydrogens is 510 g/mol. The van der Waals surface area contributed by atoms with E-state index in [1.54, 1.807) is 11.8 Å². The number of rotatable bonds is 8. The quantitative estimate of drug-likeness (QED) is 0.374. The topological polar surface area (TPSA) is 118 Å². The Kier molecular flexibility index (Phi) is 9.11. The minimum atomic E-state index is -0.833. The van der Waals surface area contributed by atoms with Gasteiger partial charge in [-0.2, -0.15) is 0 Å². The molecule has 0 unspecified atom stereocenters. The van der Waals surface area contributed by atoms with Gasteiger partial charge in [0.15, 0.2) is 0 Å². The number of nitrogens with zero attached hydrogens (tertiary/aromatic N) is 3. The number of amides is 2. The summed E-state index contributed by atoms with van der Waals surface area (Å²) in [5.74, 6) is 0.340. The van der Waals surface area contributed by atoms with Crippen LogP contribution >= 0.6 is 0 Å². The average molecular weight is 550 g/mol. The van der Waals surface area contributed by atoms with E-state index >= 15 is 0 Å². The van der Waals surface area contributed by atoms with E-state index in [0.717, 1.165) is 54.3 Å². The number of carbonyl (C=O) groups is 2. The largest absolute Gasteiger partial charge is 0.481 e. The van der Waals surface area contributed by atoms with Gasteiger partial charge in [-0.1, -0.05) is 36.4 Å². The molecule has 1 saturated heterocycles. The number of likely N-dealkylation sites (tertiary alicyclic amines) is 1. The maximum absolute atomic E-state index is 13.0. The van der Waals surface area contributed by atoms with Crippen molar-refractivity contribution in [2.24, 2.45) is 0 Å². The predicted octanol–water partition coefficient (Wildman–Crippen LogP) is 4.66. The maximum Gasteiger partial charge on any atom is 0.320 e. The number of aryl methyl sites for hydroxylation is 1. The highest BCUT2D eigenvalue weighted by Crippen LogP contribution is 2.47. The van der Waals surface area contributed by atoms with Crippen LogP contribution in [0.15, 0.2) is 48.5 Å². The number of ether oxygens (including phenoxy) is 2. The molecule has 10 nitrogen and oxygen atoms in total. The van der Waals surface area contributed by atoms with Crippen LogP contribution in [0.3, 0.4) is 0 Å². The summed E-state index contributed by atoms with van der Waals surface area (Å²) in [6.45, 7) is 7.17. The van der Waals surface area contributed by atoms with Gasteiger partial charge in [0.25, 0.3) is 5.97 Å². The third-order valence-corrected chi connectivity index (χ3v) is 7.69. The number of carboxylic acid groups (broad SMARTS) is 1. The Hall–Kier alpha value is -3.89. The van der Waals surface area contributed by atoms with Crippen molar-refractivity contribution in [1.82, 2.24) is 20.0 Å². The molecule has 1 aliphatic carbocycles. The highest BCUT2D eigenvalue weighted by molar-refractivity contribution is 5.89. The molecule has 2 aromatic carbocycles. The van der Waals surface area contributed by atoms with Crippen molar-refractivity contribution in [2.45, 2.75) is 64.8 Å². The Balaban J connectivity index is 0.000000867. The van der Waals surface area contributed by atoms with Gasteiger partial charge in [-0.05, 0) is 56.1 Å². The summed E-state index contributed by atoms with van der Waals surface area (Å²) >= 11 is 0. The summed E-state index contributed by atoms with van der Waals surface area (Å²) in [6, 6.07) is 15.7. The molecule has 214 valence electrons. The zero-order valence-corrected chi connectivity index (χ0v) is 23.9. The van der Waals surface area contributed by atoms with Gasteiger partial charge < -0.3 is 24.8 Å². The van der Waals surface area contributed by atoms with Crippen molar-refractivity contribution in [1.29, 1.82) is 0 Å². The van der Waals surface area contributed by atoms with Gasteiger partial charge in [0.2, 0.25) is 5.88 Å². The molecule has 1 spiro atoms. The van der Waals surface area contributed by atoms with Crippen LogP contribution in [0.25, 0.3) is 5.69 Å². The van der Waals surface area contributed by atoms with Crippen molar-refractivity contribution in [3.63, 3.8) is 0 Å². The Morgan fingerprint density at radius 2 is 1.85 bits per heavy atom. The van der Waals surface area contributed by atoms with E-state index in [4.69, 9.17) is 24.5 Å². The van der Waals surface area contributed by atoms with Crippen molar-refractivity contribution < 1.29 is 24.2 Å². The lowest BCUT2D eigenvalue weighted by Crippen LogP contribution is -2.67.